The smallest absolute Gasteiger partial charge is 0.253 e. The minimum atomic E-state index is -0.831. The lowest BCUT2D eigenvalue weighted by Gasteiger charge is -2.14. The van der Waals surface area contributed by atoms with Crippen molar-refractivity contribution >= 4 is 17.9 Å². The number of nitrogens with one attached hydrogen (secondary N) is 1. The van der Waals surface area contributed by atoms with Crippen molar-refractivity contribution in [3.8, 4) is 22.8 Å². The number of halogens is 2. The monoisotopic (exact) mass is 430 g/mol. The van der Waals surface area contributed by atoms with E-state index in [9.17, 15) is 13.6 Å². The predicted octanol–water partition coefficient (Wildman–Crippen LogP) is 4.78. The quantitative estimate of drug-likeness (QED) is 0.544. The SMILES string of the molecule is CSNc1ncc(Oc2ccc(F)cc2F)c(-c2cc(C)c(=O)n(CC3CC3)c2)n1. The fraction of sp³-hybridized carbons (Fsp3) is 0.286. The van der Waals surface area contributed by atoms with Crippen LogP contribution in [-0.2, 0) is 6.54 Å². The van der Waals surface area contributed by atoms with Gasteiger partial charge in [0.1, 0.15) is 11.5 Å². The molecule has 1 N–H and O–H groups in total. The maximum absolute atomic E-state index is 14.1. The average Bonchev–Trinajstić information content (AvgIpc) is 3.53. The van der Waals surface area contributed by atoms with Crippen LogP contribution in [0.5, 0.6) is 11.5 Å². The molecule has 1 fully saturated rings. The molecule has 1 aliphatic rings. The Morgan fingerprint density at radius 2 is 2.07 bits per heavy atom. The third kappa shape index (κ3) is 4.46. The van der Waals surface area contributed by atoms with Crippen molar-refractivity contribution < 1.29 is 13.5 Å². The molecule has 0 bridgehead atoms. The van der Waals surface area contributed by atoms with Crippen molar-refractivity contribution in [2.75, 3.05) is 11.0 Å². The largest absolute Gasteiger partial charge is 0.450 e. The summed E-state index contributed by atoms with van der Waals surface area (Å²) in [6, 6.07) is 4.80. The summed E-state index contributed by atoms with van der Waals surface area (Å²) in [7, 11) is 0. The van der Waals surface area contributed by atoms with Crippen molar-refractivity contribution in [3.63, 3.8) is 0 Å². The minimum Gasteiger partial charge on any atom is -0.450 e. The van der Waals surface area contributed by atoms with Gasteiger partial charge in [0.15, 0.2) is 17.3 Å². The first-order chi connectivity index (χ1) is 14.4. The highest BCUT2D eigenvalue weighted by Crippen LogP contribution is 2.34. The molecule has 156 valence electrons. The number of pyridine rings is 1. The van der Waals surface area contributed by atoms with Gasteiger partial charge in [0.25, 0.3) is 5.56 Å². The number of hydrogen-bond acceptors (Lipinski definition) is 6. The molecule has 0 saturated heterocycles. The Balaban J connectivity index is 1.79. The summed E-state index contributed by atoms with van der Waals surface area (Å²) in [6.45, 7) is 2.40. The fourth-order valence-electron chi connectivity index (χ4n) is 3.10. The summed E-state index contributed by atoms with van der Waals surface area (Å²) in [5.74, 6) is -0.610. The number of anilines is 1. The molecular weight excluding hydrogens is 410 g/mol. The number of nitrogens with zero attached hydrogens (tertiary/aromatic N) is 3. The lowest BCUT2D eigenvalue weighted by Crippen LogP contribution is -2.22. The zero-order chi connectivity index (χ0) is 21.3. The van der Waals surface area contributed by atoms with Crippen LogP contribution in [0.2, 0.25) is 0 Å². The molecule has 9 heteroatoms. The Morgan fingerprint density at radius 1 is 1.27 bits per heavy atom. The van der Waals surface area contributed by atoms with E-state index < -0.39 is 11.6 Å². The average molecular weight is 430 g/mol. The highest BCUT2D eigenvalue weighted by molar-refractivity contribution is 7.99. The number of benzene rings is 1. The topological polar surface area (TPSA) is 69.0 Å². The van der Waals surface area contributed by atoms with E-state index in [4.69, 9.17) is 4.74 Å². The van der Waals surface area contributed by atoms with Gasteiger partial charge in [-0.1, -0.05) is 11.9 Å². The van der Waals surface area contributed by atoms with E-state index >= 15 is 0 Å². The molecular formula is C21H20F2N4O2S. The maximum atomic E-state index is 14.1. The highest BCUT2D eigenvalue weighted by Gasteiger charge is 2.23. The van der Waals surface area contributed by atoms with Gasteiger partial charge in [0, 0.05) is 36.2 Å². The summed E-state index contributed by atoms with van der Waals surface area (Å²) in [5.41, 5.74) is 1.58. The van der Waals surface area contributed by atoms with Crippen molar-refractivity contribution in [1.82, 2.24) is 14.5 Å². The van der Waals surface area contributed by atoms with E-state index in [1.165, 1.54) is 24.2 Å². The highest BCUT2D eigenvalue weighted by atomic mass is 32.2. The molecule has 0 radical (unpaired) electrons. The third-order valence-electron chi connectivity index (χ3n) is 4.75. The van der Waals surface area contributed by atoms with Gasteiger partial charge >= 0.3 is 0 Å². The minimum absolute atomic E-state index is 0.0470. The molecule has 2 heterocycles. The number of aryl methyl sites for hydroxylation is 1. The van der Waals surface area contributed by atoms with Crippen LogP contribution >= 0.6 is 11.9 Å². The number of ether oxygens (including phenoxy) is 1. The van der Waals surface area contributed by atoms with Gasteiger partial charge < -0.3 is 9.30 Å². The van der Waals surface area contributed by atoms with E-state index in [0.29, 0.717) is 35.2 Å². The summed E-state index contributed by atoms with van der Waals surface area (Å²) < 4.78 is 37.7. The zero-order valence-corrected chi connectivity index (χ0v) is 17.3. The van der Waals surface area contributed by atoms with Crippen LogP contribution in [0.4, 0.5) is 14.7 Å². The van der Waals surface area contributed by atoms with Gasteiger partial charge in [0.05, 0.1) is 6.20 Å². The van der Waals surface area contributed by atoms with E-state index in [0.717, 1.165) is 25.0 Å². The van der Waals surface area contributed by atoms with Crippen LogP contribution in [0.15, 0.2) is 41.5 Å². The molecule has 0 unspecified atom stereocenters. The van der Waals surface area contributed by atoms with Crippen LogP contribution in [0.1, 0.15) is 18.4 Å². The molecule has 0 aliphatic heterocycles. The molecule has 1 aliphatic carbocycles. The summed E-state index contributed by atoms with van der Waals surface area (Å²) in [4.78, 5) is 21.2. The van der Waals surface area contributed by atoms with E-state index in [1.54, 1.807) is 23.8 Å². The zero-order valence-electron chi connectivity index (χ0n) is 16.5. The second-order valence-electron chi connectivity index (χ2n) is 7.20. The van der Waals surface area contributed by atoms with Crippen LogP contribution in [0, 0.1) is 24.5 Å². The van der Waals surface area contributed by atoms with Gasteiger partial charge in [-0.2, -0.15) is 0 Å². The maximum Gasteiger partial charge on any atom is 0.253 e. The van der Waals surface area contributed by atoms with Crippen molar-refractivity contribution in [1.29, 1.82) is 0 Å². The molecule has 4 rings (SSSR count). The molecule has 0 amide bonds. The van der Waals surface area contributed by atoms with E-state index in [1.807, 2.05) is 6.26 Å². The molecule has 0 spiro atoms. The van der Waals surface area contributed by atoms with E-state index in [2.05, 4.69) is 14.7 Å². The third-order valence-corrected chi connectivity index (χ3v) is 5.14. The van der Waals surface area contributed by atoms with Gasteiger partial charge in [-0.25, -0.2) is 18.7 Å². The van der Waals surface area contributed by atoms with Gasteiger partial charge in [0.2, 0.25) is 5.95 Å². The fourth-order valence-corrected chi connectivity index (χ4v) is 3.38. The molecule has 3 aromatic rings. The predicted molar refractivity (Wildman–Crippen MR) is 113 cm³/mol. The second kappa shape index (κ2) is 8.43. The lowest BCUT2D eigenvalue weighted by molar-refractivity contribution is 0.436. The summed E-state index contributed by atoms with van der Waals surface area (Å²) in [5, 5.41) is 0. The Hall–Kier alpha value is -2.94. The molecule has 2 aromatic heterocycles. The first kappa shape index (κ1) is 20.3. The van der Waals surface area contributed by atoms with Crippen molar-refractivity contribution in [2.45, 2.75) is 26.3 Å². The van der Waals surface area contributed by atoms with Gasteiger partial charge in [-0.15, -0.1) is 0 Å². The van der Waals surface area contributed by atoms with Crippen LogP contribution < -0.4 is 15.0 Å². The number of aromatic nitrogens is 3. The van der Waals surface area contributed by atoms with Gasteiger partial charge in [-0.3, -0.25) is 9.52 Å². The summed E-state index contributed by atoms with van der Waals surface area (Å²) >= 11 is 1.33. The number of hydrogen-bond donors (Lipinski definition) is 1. The Kier molecular flexibility index (Phi) is 5.72. The normalized spacial score (nSPS) is 13.3. The standard InChI is InChI=1S/C21H20F2N4O2S/c1-12-7-14(11-27(20(12)28)10-13-3-4-13)19-18(9-24-21(25-19)26-30-2)29-17-6-5-15(22)8-16(17)23/h5-9,11,13H,3-4,10H2,1-2H3,(H,24,25,26). The van der Waals surface area contributed by atoms with Crippen LogP contribution in [-0.4, -0.2) is 20.8 Å². The number of rotatable bonds is 7. The van der Waals surface area contributed by atoms with Crippen LogP contribution in [0.25, 0.3) is 11.3 Å². The molecule has 1 aromatic carbocycles. The molecule has 30 heavy (non-hydrogen) atoms. The van der Waals surface area contributed by atoms with E-state index in [-0.39, 0.29) is 17.1 Å². The molecule has 6 nitrogen and oxygen atoms in total. The first-order valence-corrected chi connectivity index (χ1v) is 10.7. The lowest BCUT2D eigenvalue weighted by atomic mass is 10.1. The Morgan fingerprint density at radius 3 is 2.77 bits per heavy atom. The van der Waals surface area contributed by atoms with Crippen LogP contribution in [0.3, 0.4) is 0 Å². The van der Waals surface area contributed by atoms with Crippen molar-refractivity contribution in [2.24, 2.45) is 5.92 Å². The summed E-state index contributed by atoms with van der Waals surface area (Å²) in [6.07, 6.45) is 7.23. The van der Waals surface area contributed by atoms with Gasteiger partial charge in [-0.05, 0) is 43.9 Å². The second-order valence-corrected chi connectivity index (χ2v) is 7.81. The molecule has 0 atom stereocenters. The Bertz CT molecular complexity index is 1150. The first-order valence-electron chi connectivity index (χ1n) is 9.45. The van der Waals surface area contributed by atoms with Crippen molar-refractivity contribution in [3.05, 3.63) is 64.2 Å². The Labute approximate surface area is 176 Å². The molecule has 1 saturated carbocycles.